The second-order valence-electron chi connectivity index (χ2n) is 8.56. The number of H-pyrrole nitrogens is 1. The van der Waals surface area contributed by atoms with E-state index in [4.69, 9.17) is 4.74 Å². The molecule has 0 atom stereocenters. The number of ether oxygens (including phenoxy) is 1. The molecule has 0 amide bonds. The molecule has 1 aliphatic rings. The maximum absolute atomic E-state index is 13.9. The zero-order chi connectivity index (χ0) is 22.8. The number of nitrogens with zero attached hydrogens (tertiary/aromatic N) is 1. The molecule has 1 aromatic heterocycles. The zero-order valence-electron chi connectivity index (χ0n) is 19.2. The number of sulfonamides is 1. The number of carbonyl (C=O) groups excluding carboxylic acids is 1. The van der Waals surface area contributed by atoms with Crippen LogP contribution in [0.25, 0.3) is 0 Å². The van der Waals surface area contributed by atoms with Crippen molar-refractivity contribution in [2.75, 3.05) is 6.61 Å². The molecule has 170 valence electrons. The molecule has 6 nitrogen and oxygen atoms in total. The van der Waals surface area contributed by atoms with Crippen molar-refractivity contribution in [2.45, 2.75) is 84.2 Å². The standard InChI is InChI=1S/C24H34N2O4S/c1-6-30-24(27)23-18(4)21(19(5)25-23)15-26(20-10-8-7-9-11-20)31(28,29)22-14-16(2)12-13-17(22)3/h12-14,20,25H,6-11,15H2,1-5H3. The molecule has 1 aliphatic carbocycles. The summed E-state index contributed by atoms with van der Waals surface area (Å²) in [6.07, 6.45) is 4.92. The Kier molecular flexibility index (Phi) is 7.27. The highest BCUT2D eigenvalue weighted by molar-refractivity contribution is 7.89. The number of aromatic amines is 1. The minimum Gasteiger partial charge on any atom is -0.461 e. The summed E-state index contributed by atoms with van der Waals surface area (Å²) >= 11 is 0. The normalized spacial score (nSPS) is 15.4. The topological polar surface area (TPSA) is 79.5 Å². The SMILES string of the molecule is CCOC(=O)c1[nH]c(C)c(CN(C2CCCCC2)S(=O)(=O)c2cc(C)ccc2C)c1C. The van der Waals surface area contributed by atoms with Crippen molar-refractivity contribution in [1.82, 2.24) is 9.29 Å². The van der Waals surface area contributed by atoms with E-state index in [2.05, 4.69) is 4.98 Å². The Labute approximate surface area is 186 Å². The monoisotopic (exact) mass is 446 g/mol. The van der Waals surface area contributed by atoms with Crippen molar-refractivity contribution < 1.29 is 17.9 Å². The molecule has 1 heterocycles. The predicted molar refractivity (Wildman–Crippen MR) is 122 cm³/mol. The fourth-order valence-electron chi connectivity index (χ4n) is 4.48. The van der Waals surface area contributed by atoms with Crippen LogP contribution >= 0.6 is 0 Å². The average molecular weight is 447 g/mol. The molecule has 1 N–H and O–H groups in total. The number of hydrogen-bond acceptors (Lipinski definition) is 4. The second kappa shape index (κ2) is 9.57. The van der Waals surface area contributed by atoms with E-state index in [0.717, 1.165) is 60.1 Å². The molecule has 1 saturated carbocycles. The van der Waals surface area contributed by atoms with E-state index in [0.29, 0.717) is 17.2 Å². The summed E-state index contributed by atoms with van der Waals surface area (Å²) in [5, 5.41) is 0. The molecule has 0 bridgehead atoms. The van der Waals surface area contributed by atoms with Crippen LogP contribution in [-0.4, -0.2) is 36.3 Å². The van der Waals surface area contributed by atoms with Gasteiger partial charge in [-0.15, -0.1) is 0 Å². The van der Waals surface area contributed by atoms with Crippen LogP contribution in [-0.2, 0) is 21.3 Å². The quantitative estimate of drug-likeness (QED) is 0.611. The van der Waals surface area contributed by atoms with Crippen LogP contribution in [0, 0.1) is 27.7 Å². The van der Waals surface area contributed by atoms with Gasteiger partial charge in [0.1, 0.15) is 5.69 Å². The maximum Gasteiger partial charge on any atom is 0.355 e. The van der Waals surface area contributed by atoms with E-state index in [1.54, 1.807) is 17.3 Å². The van der Waals surface area contributed by atoms with Gasteiger partial charge in [0.15, 0.2) is 0 Å². The van der Waals surface area contributed by atoms with Gasteiger partial charge in [0.05, 0.1) is 11.5 Å². The Bertz CT molecular complexity index is 1050. The largest absolute Gasteiger partial charge is 0.461 e. The van der Waals surface area contributed by atoms with Gasteiger partial charge in [-0.05, 0) is 75.8 Å². The third-order valence-electron chi connectivity index (χ3n) is 6.30. The lowest BCUT2D eigenvalue weighted by Crippen LogP contribution is -2.41. The molecule has 0 saturated heterocycles. The van der Waals surface area contributed by atoms with Crippen LogP contribution in [0.2, 0.25) is 0 Å². The second-order valence-corrected chi connectivity index (χ2v) is 10.4. The highest BCUT2D eigenvalue weighted by Gasteiger charge is 2.35. The van der Waals surface area contributed by atoms with Crippen LogP contribution < -0.4 is 0 Å². The van der Waals surface area contributed by atoms with Gasteiger partial charge < -0.3 is 9.72 Å². The van der Waals surface area contributed by atoms with Crippen molar-refractivity contribution in [3.63, 3.8) is 0 Å². The molecular formula is C24H34N2O4S. The van der Waals surface area contributed by atoms with Crippen molar-refractivity contribution >= 4 is 16.0 Å². The van der Waals surface area contributed by atoms with Crippen LogP contribution in [0.3, 0.4) is 0 Å². The molecule has 1 fully saturated rings. The van der Waals surface area contributed by atoms with Crippen LogP contribution in [0.5, 0.6) is 0 Å². The van der Waals surface area contributed by atoms with Crippen LogP contribution in [0.4, 0.5) is 0 Å². The minimum absolute atomic E-state index is 0.0431. The minimum atomic E-state index is -3.70. The average Bonchev–Trinajstić information content (AvgIpc) is 3.02. The number of hydrogen-bond donors (Lipinski definition) is 1. The Morgan fingerprint density at radius 2 is 1.81 bits per heavy atom. The summed E-state index contributed by atoms with van der Waals surface area (Å²) in [6.45, 7) is 9.80. The van der Waals surface area contributed by atoms with E-state index >= 15 is 0 Å². The van der Waals surface area contributed by atoms with E-state index in [9.17, 15) is 13.2 Å². The summed E-state index contributed by atoms with van der Waals surface area (Å²) in [6, 6.07) is 5.53. The third kappa shape index (κ3) is 4.88. The highest BCUT2D eigenvalue weighted by atomic mass is 32.2. The summed E-state index contributed by atoms with van der Waals surface area (Å²) in [5.41, 5.74) is 4.49. The molecule has 3 rings (SSSR count). The summed E-state index contributed by atoms with van der Waals surface area (Å²) in [5.74, 6) is -0.407. The Hall–Kier alpha value is -2.12. The first kappa shape index (κ1) is 23.5. The summed E-state index contributed by atoms with van der Waals surface area (Å²) in [4.78, 5) is 15.8. The van der Waals surface area contributed by atoms with Gasteiger partial charge in [0, 0.05) is 18.3 Å². The molecule has 31 heavy (non-hydrogen) atoms. The van der Waals surface area contributed by atoms with E-state index < -0.39 is 16.0 Å². The Balaban J connectivity index is 2.05. The zero-order valence-corrected chi connectivity index (χ0v) is 20.1. The first-order valence-electron chi connectivity index (χ1n) is 11.1. The number of nitrogens with one attached hydrogen (secondary N) is 1. The number of rotatable bonds is 7. The van der Waals surface area contributed by atoms with Gasteiger partial charge in [0.2, 0.25) is 10.0 Å². The molecule has 7 heteroatoms. The lowest BCUT2D eigenvalue weighted by molar-refractivity contribution is 0.0519. The van der Waals surface area contributed by atoms with Gasteiger partial charge in [0.25, 0.3) is 0 Å². The maximum atomic E-state index is 13.9. The van der Waals surface area contributed by atoms with Crippen molar-refractivity contribution in [1.29, 1.82) is 0 Å². The van der Waals surface area contributed by atoms with Gasteiger partial charge in [-0.2, -0.15) is 4.31 Å². The molecule has 0 aliphatic heterocycles. The Morgan fingerprint density at radius 3 is 2.45 bits per heavy atom. The first-order chi connectivity index (χ1) is 14.7. The lowest BCUT2D eigenvalue weighted by Gasteiger charge is -2.34. The van der Waals surface area contributed by atoms with E-state index in [1.165, 1.54) is 0 Å². The van der Waals surface area contributed by atoms with Crippen molar-refractivity contribution in [3.8, 4) is 0 Å². The third-order valence-corrected chi connectivity index (χ3v) is 8.34. The number of aryl methyl sites for hydroxylation is 3. The van der Waals surface area contributed by atoms with Gasteiger partial charge >= 0.3 is 5.97 Å². The van der Waals surface area contributed by atoms with Crippen molar-refractivity contribution in [2.24, 2.45) is 0 Å². The van der Waals surface area contributed by atoms with Gasteiger partial charge in [-0.1, -0.05) is 31.4 Å². The summed E-state index contributed by atoms with van der Waals surface area (Å²) in [7, 11) is -3.70. The number of benzene rings is 1. The number of carbonyl (C=O) groups is 1. The smallest absolute Gasteiger partial charge is 0.355 e. The number of aromatic nitrogens is 1. The predicted octanol–water partition coefficient (Wildman–Crippen LogP) is 4.95. The molecule has 0 radical (unpaired) electrons. The molecule has 1 aromatic carbocycles. The molecule has 2 aromatic rings. The highest BCUT2D eigenvalue weighted by Crippen LogP contribution is 2.32. The number of esters is 1. The van der Waals surface area contributed by atoms with Gasteiger partial charge in [-0.25, -0.2) is 13.2 Å². The van der Waals surface area contributed by atoms with Crippen LogP contribution in [0.15, 0.2) is 23.1 Å². The fraction of sp³-hybridized carbons (Fsp3) is 0.542. The van der Waals surface area contributed by atoms with Crippen molar-refractivity contribution in [3.05, 3.63) is 51.8 Å². The summed E-state index contributed by atoms with van der Waals surface area (Å²) < 4.78 is 34.6. The fourth-order valence-corrected chi connectivity index (χ4v) is 6.44. The van der Waals surface area contributed by atoms with E-state index in [1.807, 2.05) is 39.8 Å². The Morgan fingerprint density at radius 1 is 1.13 bits per heavy atom. The van der Waals surface area contributed by atoms with E-state index in [-0.39, 0.29) is 12.6 Å². The first-order valence-corrected chi connectivity index (χ1v) is 12.5. The van der Waals surface area contributed by atoms with Gasteiger partial charge in [-0.3, -0.25) is 0 Å². The molecule has 0 unspecified atom stereocenters. The molecule has 0 spiro atoms. The lowest BCUT2D eigenvalue weighted by atomic mass is 9.95. The van der Waals surface area contributed by atoms with Crippen LogP contribution in [0.1, 0.15) is 77.5 Å². The molecular weight excluding hydrogens is 412 g/mol.